The van der Waals surface area contributed by atoms with Crippen LogP contribution in [-0.2, 0) is 22.9 Å². The Morgan fingerprint density at radius 1 is 1.00 bits per heavy atom. The second kappa shape index (κ2) is 8.43. The first-order chi connectivity index (χ1) is 15.5. The zero-order valence-electron chi connectivity index (χ0n) is 18.2. The van der Waals surface area contributed by atoms with Gasteiger partial charge in [0.25, 0.3) is 0 Å². The Morgan fingerprint density at radius 2 is 1.72 bits per heavy atom. The van der Waals surface area contributed by atoms with Gasteiger partial charge in [0.15, 0.2) is 0 Å². The number of sulfonamides is 1. The summed E-state index contributed by atoms with van der Waals surface area (Å²) in [5, 5.41) is 1.18. The van der Waals surface area contributed by atoms with Gasteiger partial charge in [0.2, 0.25) is 10.0 Å². The van der Waals surface area contributed by atoms with Crippen molar-refractivity contribution in [3.05, 3.63) is 95.2 Å². The molecule has 4 nitrogen and oxygen atoms in total. The number of hydrogen-bond acceptors (Lipinski definition) is 3. The first-order valence-corrected chi connectivity index (χ1v) is 13.5. The Balaban J connectivity index is 1.71. The van der Waals surface area contributed by atoms with Gasteiger partial charge in [-0.3, -0.25) is 0 Å². The van der Waals surface area contributed by atoms with Crippen LogP contribution in [0.3, 0.4) is 0 Å². The molecule has 1 aliphatic rings. The van der Waals surface area contributed by atoms with E-state index in [1.54, 1.807) is 22.1 Å². The number of aromatic amines is 1. The number of benzene rings is 3. The number of para-hydroxylation sites is 1. The molecule has 0 saturated heterocycles. The van der Waals surface area contributed by atoms with Gasteiger partial charge < -0.3 is 4.98 Å². The van der Waals surface area contributed by atoms with E-state index in [-0.39, 0.29) is 0 Å². The van der Waals surface area contributed by atoms with E-state index in [0.29, 0.717) is 24.3 Å². The molecule has 1 atom stereocenters. The SMILES string of the molecule is CCc1ccccc1S(=O)(=O)N1CCc2c([nH]c3ccccc23)[C@@H]1c1ccc(SC)cc1. The Hall–Kier alpha value is -2.54. The molecule has 6 heteroatoms. The maximum atomic E-state index is 14.0. The van der Waals surface area contributed by atoms with Crippen molar-refractivity contribution < 1.29 is 8.42 Å². The van der Waals surface area contributed by atoms with Crippen LogP contribution < -0.4 is 0 Å². The molecule has 32 heavy (non-hydrogen) atoms. The lowest BCUT2D eigenvalue weighted by molar-refractivity contribution is 0.340. The van der Waals surface area contributed by atoms with Crippen molar-refractivity contribution >= 4 is 32.7 Å². The van der Waals surface area contributed by atoms with Crippen molar-refractivity contribution in [1.29, 1.82) is 0 Å². The van der Waals surface area contributed by atoms with Crippen molar-refractivity contribution in [2.75, 3.05) is 12.8 Å². The molecule has 0 fully saturated rings. The molecule has 0 aliphatic carbocycles. The summed E-state index contributed by atoms with van der Waals surface area (Å²) in [6.07, 6.45) is 3.41. The molecule has 0 radical (unpaired) electrons. The van der Waals surface area contributed by atoms with Gasteiger partial charge in [-0.05, 0) is 60.1 Å². The zero-order chi connectivity index (χ0) is 22.3. The summed E-state index contributed by atoms with van der Waals surface area (Å²) in [6.45, 7) is 2.45. The molecular weight excluding hydrogens is 436 g/mol. The highest BCUT2D eigenvalue weighted by Crippen LogP contribution is 2.41. The topological polar surface area (TPSA) is 53.2 Å². The molecule has 0 amide bonds. The van der Waals surface area contributed by atoms with Gasteiger partial charge in [0.1, 0.15) is 0 Å². The average molecular weight is 463 g/mol. The third kappa shape index (κ3) is 3.47. The molecule has 3 aromatic carbocycles. The van der Waals surface area contributed by atoms with E-state index in [2.05, 4.69) is 41.4 Å². The predicted molar refractivity (Wildman–Crippen MR) is 132 cm³/mol. The van der Waals surface area contributed by atoms with Gasteiger partial charge in [-0.2, -0.15) is 4.31 Å². The monoisotopic (exact) mass is 462 g/mol. The van der Waals surface area contributed by atoms with Crippen molar-refractivity contribution in [1.82, 2.24) is 9.29 Å². The fraction of sp³-hybridized carbons (Fsp3) is 0.231. The van der Waals surface area contributed by atoms with Crippen LogP contribution in [-0.4, -0.2) is 30.5 Å². The summed E-state index contributed by atoms with van der Waals surface area (Å²) < 4.78 is 29.7. The summed E-state index contributed by atoms with van der Waals surface area (Å²) in [6, 6.07) is 23.5. The lowest BCUT2D eigenvalue weighted by atomic mass is 9.94. The van der Waals surface area contributed by atoms with Gasteiger partial charge in [0.05, 0.1) is 10.9 Å². The normalized spacial score (nSPS) is 16.9. The van der Waals surface area contributed by atoms with Crippen LogP contribution in [0, 0.1) is 0 Å². The van der Waals surface area contributed by atoms with E-state index < -0.39 is 16.1 Å². The van der Waals surface area contributed by atoms with E-state index in [0.717, 1.165) is 27.2 Å². The van der Waals surface area contributed by atoms with Gasteiger partial charge in [-0.1, -0.05) is 55.5 Å². The summed E-state index contributed by atoms with van der Waals surface area (Å²) in [7, 11) is -3.69. The van der Waals surface area contributed by atoms with Gasteiger partial charge >= 0.3 is 0 Å². The Bertz CT molecular complexity index is 1370. The van der Waals surface area contributed by atoms with E-state index in [1.165, 1.54) is 10.9 Å². The van der Waals surface area contributed by atoms with E-state index in [4.69, 9.17) is 0 Å². The molecule has 0 spiro atoms. The van der Waals surface area contributed by atoms with Crippen molar-refractivity contribution in [2.45, 2.75) is 35.6 Å². The maximum Gasteiger partial charge on any atom is 0.244 e. The number of thioether (sulfide) groups is 1. The Morgan fingerprint density at radius 3 is 2.47 bits per heavy atom. The lowest BCUT2D eigenvalue weighted by Crippen LogP contribution is -2.40. The summed E-state index contributed by atoms with van der Waals surface area (Å²) >= 11 is 1.68. The number of aromatic nitrogens is 1. The van der Waals surface area contributed by atoms with Crippen LogP contribution in [0.5, 0.6) is 0 Å². The van der Waals surface area contributed by atoms with Crippen LogP contribution in [0.25, 0.3) is 10.9 Å². The number of aryl methyl sites for hydroxylation is 1. The quantitative estimate of drug-likeness (QED) is 0.382. The third-order valence-electron chi connectivity index (χ3n) is 6.36. The minimum Gasteiger partial charge on any atom is -0.357 e. The predicted octanol–water partition coefficient (Wildman–Crippen LogP) is 5.79. The summed E-state index contributed by atoms with van der Waals surface area (Å²) in [5.41, 5.74) is 5.08. The molecule has 1 aromatic heterocycles. The molecule has 164 valence electrons. The number of nitrogens with zero attached hydrogens (tertiary/aromatic N) is 1. The molecule has 0 unspecified atom stereocenters. The van der Waals surface area contributed by atoms with Gasteiger partial charge in [-0.15, -0.1) is 11.8 Å². The maximum absolute atomic E-state index is 14.0. The van der Waals surface area contributed by atoms with Gasteiger partial charge in [-0.25, -0.2) is 8.42 Å². The first kappa shape index (κ1) is 21.3. The van der Waals surface area contributed by atoms with Crippen LogP contribution >= 0.6 is 11.8 Å². The largest absolute Gasteiger partial charge is 0.357 e. The average Bonchev–Trinajstić information content (AvgIpc) is 3.22. The van der Waals surface area contributed by atoms with Crippen LogP contribution in [0.2, 0.25) is 0 Å². The minimum absolute atomic E-state index is 0.392. The second-order valence-corrected chi connectivity index (χ2v) is 10.8. The van der Waals surface area contributed by atoms with Gasteiger partial charge in [0, 0.05) is 28.0 Å². The molecule has 2 heterocycles. The smallest absolute Gasteiger partial charge is 0.244 e. The Kier molecular flexibility index (Phi) is 5.61. The lowest BCUT2D eigenvalue weighted by Gasteiger charge is -2.35. The van der Waals surface area contributed by atoms with E-state index in [9.17, 15) is 8.42 Å². The molecule has 1 N–H and O–H groups in total. The zero-order valence-corrected chi connectivity index (χ0v) is 19.8. The molecule has 0 bridgehead atoms. The van der Waals surface area contributed by atoms with E-state index in [1.807, 2.05) is 43.5 Å². The number of nitrogens with one attached hydrogen (secondary N) is 1. The summed E-state index contributed by atoms with van der Waals surface area (Å²) in [5.74, 6) is 0. The van der Waals surface area contributed by atoms with Crippen LogP contribution in [0.1, 0.15) is 35.3 Å². The molecule has 4 aromatic rings. The highest BCUT2D eigenvalue weighted by molar-refractivity contribution is 7.98. The highest BCUT2D eigenvalue weighted by atomic mass is 32.2. The fourth-order valence-corrected chi connectivity index (χ4v) is 7.06. The third-order valence-corrected chi connectivity index (χ3v) is 9.07. The van der Waals surface area contributed by atoms with Crippen molar-refractivity contribution in [3.63, 3.8) is 0 Å². The molecule has 0 saturated carbocycles. The van der Waals surface area contributed by atoms with Crippen LogP contribution in [0.4, 0.5) is 0 Å². The number of fused-ring (bicyclic) bond motifs is 3. The van der Waals surface area contributed by atoms with E-state index >= 15 is 0 Å². The number of hydrogen-bond donors (Lipinski definition) is 1. The molecule has 1 aliphatic heterocycles. The van der Waals surface area contributed by atoms with Crippen molar-refractivity contribution in [2.24, 2.45) is 0 Å². The number of H-pyrrole nitrogens is 1. The molecular formula is C26H26N2O2S2. The summed E-state index contributed by atoms with van der Waals surface area (Å²) in [4.78, 5) is 5.13. The first-order valence-electron chi connectivity index (χ1n) is 10.9. The van der Waals surface area contributed by atoms with Crippen molar-refractivity contribution in [3.8, 4) is 0 Å². The standard InChI is InChI=1S/C26H26N2O2S2/c1-3-18-8-4-7-11-24(18)32(29,30)28-17-16-22-21-9-5-6-10-23(21)27-25(22)26(28)19-12-14-20(31-2)15-13-19/h4-15,26-27H,3,16-17H2,1-2H3/t26-/m0/s1. The van der Waals surface area contributed by atoms with Crippen LogP contribution in [0.15, 0.2) is 82.6 Å². The second-order valence-electron chi connectivity index (χ2n) is 8.07. The number of rotatable bonds is 5. The fourth-order valence-electron chi connectivity index (χ4n) is 4.77. The Labute approximate surface area is 193 Å². The highest BCUT2D eigenvalue weighted by Gasteiger charge is 2.39. The molecule has 5 rings (SSSR count). The minimum atomic E-state index is -3.69.